The molecule has 0 aromatic heterocycles. The second-order valence-electron chi connectivity index (χ2n) is 8.40. The van der Waals surface area contributed by atoms with Crippen LogP contribution in [0.1, 0.15) is 75.0 Å². The lowest BCUT2D eigenvalue weighted by molar-refractivity contribution is 0.0682. The predicted molar refractivity (Wildman–Crippen MR) is 127 cm³/mol. The minimum absolute atomic E-state index is 0.0535. The summed E-state index contributed by atoms with van der Waals surface area (Å²) in [5, 5.41) is 73.1. The molecule has 14 nitrogen and oxygen atoms in total. The van der Waals surface area contributed by atoms with E-state index < -0.39 is 87.1 Å². The highest BCUT2D eigenvalue weighted by Crippen LogP contribution is 2.42. The SMILES string of the molecule is O=C(O)c1cc(O)c(C(=O)NC2c3cccc(c3C(=O)O)C2NC(=O)c2cc(O)c(C(=O)O)cc2O)cc1O. The zero-order valence-corrected chi connectivity index (χ0v) is 19.4. The van der Waals surface area contributed by atoms with Gasteiger partial charge in [-0.15, -0.1) is 0 Å². The van der Waals surface area contributed by atoms with Crippen molar-refractivity contribution in [1.82, 2.24) is 10.6 Å². The van der Waals surface area contributed by atoms with Crippen molar-refractivity contribution in [1.29, 1.82) is 0 Å². The first kappa shape index (κ1) is 26.3. The molecule has 1 aliphatic rings. The molecule has 39 heavy (non-hydrogen) atoms. The van der Waals surface area contributed by atoms with Crippen LogP contribution in [0.5, 0.6) is 23.0 Å². The van der Waals surface area contributed by atoms with Gasteiger partial charge in [0.2, 0.25) is 0 Å². The zero-order valence-electron chi connectivity index (χ0n) is 19.4. The summed E-state index contributed by atoms with van der Waals surface area (Å²) in [5.74, 6) is -9.91. The fraction of sp³-hybridized carbons (Fsp3) is 0.0800. The molecule has 14 heteroatoms. The van der Waals surface area contributed by atoms with E-state index in [1.165, 1.54) is 18.2 Å². The zero-order chi connectivity index (χ0) is 28.8. The average Bonchev–Trinajstić information content (AvgIpc) is 3.03. The predicted octanol–water partition coefficient (Wildman–Crippen LogP) is 1.56. The highest BCUT2D eigenvalue weighted by Gasteiger charge is 2.41. The van der Waals surface area contributed by atoms with Crippen molar-refractivity contribution in [2.75, 3.05) is 0 Å². The van der Waals surface area contributed by atoms with Gasteiger partial charge in [0.05, 0.1) is 28.8 Å². The van der Waals surface area contributed by atoms with Crippen LogP contribution in [0.2, 0.25) is 0 Å². The fourth-order valence-electron chi connectivity index (χ4n) is 4.33. The third-order valence-electron chi connectivity index (χ3n) is 6.10. The lowest BCUT2D eigenvalue weighted by Gasteiger charge is -2.24. The van der Waals surface area contributed by atoms with E-state index in [0.29, 0.717) is 24.3 Å². The summed E-state index contributed by atoms with van der Waals surface area (Å²) in [6.45, 7) is 0. The van der Waals surface area contributed by atoms with Crippen LogP contribution in [0.25, 0.3) is 0 Å². The molecule has 0 radical (unpaired) electrons. The molecule has 4 rings (SSSR count). The van der Waals surface area contributed by atoms with Gasteiger partial charge in [-0.25, -0.2) is 14.4 Å². The molecular weight excluding hydrogens is 520 g/mol. The first-order valence-electron chi connectivity index (χ1n) is 10.9. The number of benzene rings is 3. The van der Waals surface area contributed by atoms with Crippen molar-refractivity contribution in [2.24, 2.45) is 0 Å². The van der Waals surface area contributed by atoms with E-state index in [9.17, 15) is 49.5 Å². The Kier molecular flexibility index (Phi) is 6.46. The number of carboxylic acids is 3. The maximum Gasteiger partial charge on any atom is 0.339 e. The number of rotatable bonds is 7. The van der Waals surface area contributed by atoms with Crippen LogP contribution in [0.15, 0.2) is 42.5 Å². The average molecular weight is 538 g/mol. The van der Waals surface area contributed by atoms with E-state index in [1.807, 2.05) is 0 Å². The van der Waals surface area contributed by atoms with Crippen LogP contribution in [-0.4, -0.2) is 65.5 Å². The number of phenolic OH excluding ortho intramolecular Hbond substituents is 2. The Balaban J connectivity index is 1.71. The van der Waals surface area contributed by atoms with Gasteiger partial charge >= 0.3 is 17.9 Å². The quantitative estimate of drug-likeness (QED) is 0.194. The summed E-state index contributed by atoms with van der Waals surface area (Å²) in [6.07, 6.45) is 0. The largest absolute Gasteiger partial charge is 0.507 e. The van der Waals surface area contributed by atoms with Crippen LogP contribution in [0.3, 0.4) is 0 Å². The summed E-state index contributed by atoms with van der Waals surface area (Å²) in [5.41, 5.74) is -2.60. The monoisotopic (exact) mass is 538 g/mol. The minimum atomic E-state index is -1.57. The normalized spacial score (nSPS) is 15.4. The molecule has 2 atom stereocenters. The van der Waals surface area contributed by atoms with Gasteiger partial charge in [0, 0.05) is 0 Å². The van der Waals surface area contributed by atoms with E-state index in [4.69, 9.17) is 10.2 Å². The van der Waals surface area contributed by atoms with Gasteiger partial charge in [-0.05, 0) is 35.4 Å². The van der Waals surface area contributed by atoms with Gasteiger partial charge in [0.1, 0.15) is 34.1 Å². The number of carboxylic acid groups (broad SMARTS) is 3. The van der Waals surface area contributed by atoms with Gasteiger partial charge in [-0.2, -0.15) is 0 Å². The van der Waals surface area contributed by atoms with Crippen LogP contribution in [0.4, 0.5) is 0 Å². The first-order valence-corrected chi connectivity index (χ1v) is 10.9. The minimum Gasteiger partial charge on any atom is -0.507 e. The molecule has 0 spiro atoms. The Morgan fingerprint density at radius 2 is 0.872 bits per heavy atom. The maximum atomic E-state index is 13.0. The Bertz CT molecular complexity index is 1490. The summed E-state index contributed by atoms with van der Waals surface area (Å²) >= 11 is 0. The molecule has 2 unspecified atom stereocenters. The highest BCUT2D eigenvalue weighted by molar-refractivity contribution is 6.03. The number of fused-ring (bicyclic) bond motifs is 2. The maximum absolute atomic E-state index is 13.0. The highest BCUT2D eigenvalue weighted by atomic mass is 16.4. The Hall–Kier alpha value is -5.79. The summed E-state index contributed by atoms with van der Waals surface area (Å²) < 4.78 is 0. The standard InChI is InChI=1S/C25H18N2O12/c28-14-6-12(23(34)35)16(30)4-10(14)21(32)26-19-8-2-1-3-9(18(8)25(38)39)20(19)27-22(33)11-5-17(31)13(24(36)37)7-15(11)29/h1-7,19-20,28-31H,(H,26,32)(H,27,33)(H,34,35)(H,36,37)(H,38,39). The fourth-order valence-corrected chi connectivity index (χ4v) is 4.33. The lowest BCUT2D eigenvalue weighted by Crippen LogP contribution is -2.38. The molecule has 9 N–H and O–H groups in total. The van der Waals surface area contributed by atoms with E-state index >= 15 is 0 Å². The second-order valence-corrected chi connectivity index (χ2v) is 8.40. The number of amides is 2. The number of carbonyl (C=O) groups excluding carboxylic acids is 2. The molecule has 2 bridgehead atoms. The number of hydrogen-bond donors (Lipinski definition) is 9. The second kappa shape index (κ2) is 9.59. The summed E-state index contributed by atoms with van der Waals surface area (Å²) in [7, 11) is 0. The number of phenols is 4. The van der Waals surface area contributed by atoms with E-state index in [1.54, 1.807) is 0 Å². The first-order chi connectivity index (χ1) is 18.3. The van der Waals surface area contributed by atoms with Gasteiger partial charge in [-0.3, -0.25) is 9.59 Å². The summed E-state index contributed by atoms with van der Waals surface area (Å²) in [4.78, 5) is 60.4. The molecule has 1 aliphatic carbocycles. The van der Waals surface area contributed by atoms with Crippen LogP contribution in [-0.2, 0) is 0 Å². The molecular formula is C25H18N2O12. The van der Waals surface area contributed by atoms with Crippen LogP contribution >= 0.6 is 0 Å². The van der Waals surface area contributed by atoms with Gasteiger partial charge in [-0.1, -0.05) is 18.2 Å². The van der Waals surface area contributed by atoms with Crippen LogP contribution in [0, 0.1) is 0 Å². The lowest BCUT2D eigenvalue weighted by atomic mass is 10.0. The summed E-state index contributed by atoms with van der Waals surface area (Å²) in [6, 6.07) is 4.35. The van der Waals surface area contributed by atoms with Crippen molar-refractivity contribution >= 4 is 29.7 Å². The molecule has 3 aromatic rings. The number of carbonyl (C=O) groups is 5. The topological polar surface area (TPSA) is 251 Å². The molecule has 200 valence electrons. The van der Waals surface area contributed by atoms with E-state index in [2.05, 4.69) is 10.6 Å². The van der Waals surface area contributed by atoms with Gasteiger partial charge in [0.15, 0.2) is 0 Å². The van der Waals surface area contributed by atoms with Gasteiger partial charge in [0.25, 0.3) is 11.8 Å². The Labute approximate surface area is 217 Å². The smallest absolute Gasteiger partial charge is 0.339 e. The number of aromatic carboxylic acids is 3. The molecule has 0 aliphatic heterocycles. The third kappa shape index (κ3) is 4.57. The van der Waals surface area contributed by atoms with Crippen molar-refractivity contribution in [2.45, 2.75) is 12.1 Å². The van der Waals surface area contributed by atoms with Gasteiger partial charge < -0.3 is 46.4 Å². The molecule has 2 amide bonds. The van der Waals surface area contributed by atoms with Crippen molar-refractivity contribution in [3.8, 4) is 23.0 Å². The van der Waals surface area contributed by atoms with E-state index in [-0.39, 0.29) is 16.7 Å². The molecule has 0 fully saturated rings. The Morgan fingerprint density at radius 1 is 0.538 bits per heavy atom. The van der Waals surface area contributed by atoms with Crippen molar-refractivity contribution in [3.05, 3.63) is 81.4 Å². The van der Waals surface area contributed by atoms with Crippen molar-refractivity contribution in [3.63, 3.8) is 0 Å². The Morgan fingerprint density at radius 3 is 1.21 bits per heavy atom. The molecule has 0 heterocycles. The third-order valence-corrected chi connectivity index (χ3v) is 6.10. The molecule has 0 saturated heterocycles. The molecule has 0 saturated carbocycles. The number of aromatic hydroxyl groups is 4. The van der Waals surface area contributed by atoms with Crippen molar-refractivity contribution < 1.29 is 59.7 Å². The number of hydrogen-bond acceptors (Lipinski definition) is 9. The van der Waals surface area contributed by atoms with Crippen LogP contribution < -0.4 is 10.6 Å². The molecule has 3 aromatic carbocycles. The number of nitrogens with one attached hydrogen (secondary N) is 2. The van der Waals surface area contributed by atoms with E-state index in [0.717, 1.165) is 0 Å².